The summed E-state index contributed by atoms with van der Waals surface area (Å²) in [5.41, 5.74) is 3.56. The summed E-state index contributed by atoms with van der Waals surface area (Å²) in [6.45, 7) is 0. The summed E-state index contributed by atoms with van der Waals surface area (Å²) in [7, 11) is 0. The SMILES string of the molecule is OC1C=C(Cc2nc(-c3ccccc3)cs2)CCCC1. The average Bonchev–Trinajstić information content (AvgIpc) is 2.83. The average molecular weight is 285 g/mol. The Morgan fingerprint density at radius 1 is 1.20 bits per heavy atom. The van der Waals surface area contributed by atoms with Crippen LogP contribution in [-0.2, 0) is 6.42 Å². The van der Waals surface area contributed by atoms with Crippen LogP contribution >= 0.6 is 11.3 Å². The van der Waals surface area contributed by atoms with Gasteiger partial charge in [-0.15, -0.1) is 11.3 Å². The lowest BCUT2D eigenvalue weighted by atomic mass is 10.1. The van der Waals surface area contributed by atoms with Crippen molar-refractivity contribution in [3.05, 3.63) is 52.4 Å². The molecule has 2 aromatic rings. The summed E-state index contributed by atoms with van der Waals surface area (Å²) in [5.74, 6) is 0. The number of benzene rings is 1. The molecule has 1 atom stereocenters. The van der Waals surface area contributed by atoms with E-state index >= 15 is 0 Å². The first-order valence-electron chi connectivity index (χ1n) is 7.19. The fraction of sp³-hybridized carbons (Fsp3) is 0.353. The number of allylic oxidation sites excluding steroid dienone is 1. The van der Waals surface area contributed by atoms with Crippen LogP contribution in [0.4, 0.5) is 0 Å². The van der Waals surface area contributed by atoms with Gasteiger partial charge in [-0.25, -0.2) is 4.98 Å². The van der Waals surface area contributed by atoms with Crippen molar-refractivity contribution in [2.24, 2.45) is 0 Å². The number of nitrogens with zero attached hydrogens (tertiary/aromatic N) is 1. The number of hydrogen-bond donors (Lipinski definition) is 1. The van der Waals surface area contributed by atoms with E-state index in [1.807, 2.05) is 24.3 Å². The molecule has 1 aliphatic carbocycles. The maximum Gasteiger partial charge on any atom is 0.0973 e. The number of aliphatic hydroxyl groups excluding tert-OH is 1. The molecule has 0 saturated heterocycles. The van der Waals surface area contributed by atoms with Crippen LogP contribution in [0.25, 0.3) is 11.3 Å². The van der Waals surface area contributed by atoms with Gasteiger partial charge in [-0.05, 0) is 19.3 Å². The molecule has 2 nitrogen and oxygen atoms in total. The van der Waals surface area contributed by atoms with Crippen LogP contribution in [0, 0.1) is 0 Å². The van der Waals surface area contributed by atoms with Gasteiger partial charge in [0.1, 0.15) is 0 Å². The van der Waals surface area contributed by atoms with Crippen LogP contribution in [0.5, 0.6) is 0 Å². The third-order valence-electron chi connectivity index (χ3n) is 3.68. The highest BCUT2D eigenvalue weighted by atomic mass is 32.1. The first-order chi connectivity index (χ1) is 9.81. The molecule has 1 aliphatic rings. The highest BCUT2D eigenvalue weighted by Crippen LogP contribution is 2.26. The largest absolute Gasteiger partial charge is 0.389 e. The molecule has 3 rings (SSSR count). The quantitative estimate of drug-likeness (QED) is 0.857. The molecule has 0 radical (unpaired) electrons. The van der Waals surface area contributed by atoms with E-state index in [4.69, 9.17) is 4.98 Å². The molecule has 1 unspecified atom stereocenters. The van der Waals surface area contributed by atoms with E-state index in [1.54, 1.807) is 11.3 Å². The molecular weight excluding hydrogens is 266 g/mol. The van der Waals surface area contributed by atoms with Crippen LogP contribution in [0.2, 0.25) is 0 Å². The van der Waals surface area contributed by atoms with E-state index in [2.05, 4.69) is 17.5 Å². The second-order valence-electron chi connectivity index (χ2n) is 5.31. The zero-order valence-corrected chi connectivity index (χ0v) is 12.3. The molecule has 1 heterocycles. The number of aliphatic hydroxyl groups is 1. The van der Waals surface area contributed by atoms with Gasteiger partial charge in [0, 0.05) is 17.4 Å². The number of thiazole rings is 1. The van der Waals surface area contributed by atoms with Crippen molar-refractivity contribution >= 4 is 11.3 Å². The van der Waals surface area contributed by atoms with Gasteiger partial charge in [-0.2, -0.15) is 0 Å². The molecule has 0 spiro atoms. The minimum Gasteiger partial charge on any atom is -0.389 e. The first kappa shape index (κ1) is 13.5. The minimum absolute atomic E-state index is 0.263. The lowest BCUT2D eigenvalue weighted by Crippen LogP contribution is -2.01. The van der Waals surface area contributed by atoms with Gasteiger partial charge < -0.3 is 5.11 Å². The van der Waals surface area contributed by atoms with Crippen molar-refractivity contribution in [2.75, 3.05) is 0 Å². The second-order valence-corrected chi connectivity index (χ2v) is 6.25. The monoisotopic (exact) mass is 285 g/mol. The van der Waals surface area contributed by atoms with Crippen LogP contribution in [0.3, 0.4) is 0 Å². The van der Waals surface area contributed by atoms with Gasteiger partial charge in [0.25, 0.3) is 0 Å². The van der Waals surface area contributed by atoms with Crippen LogP contribution in [0.1, 0.15) is 30.7 Å². The van der Waals surface area contributed by atoms with E-state index in [0.717, 1.165) is 36.4 Å². The molecule has 104 valence electrons. The molecule has 0 saturated carbocycles. The first-order valence-corrected chi connectivity index (χ1v) is 8.07. The predicted octanol–water partition coefficient (Wildman–Crippen LogP) is 4.21. The van der Waals surface area contributed by atoms with Gasteiger partial charge in [-0.1, -0.05) is 48.4 Å². The topological polar surface area (TPSA) is 33.1 Å². The van der Waals surface area contributed by atoms with Gasteiger partial charge in [-0.3, -0.25) is 0 Å². The molecule has 0 fully saturated rings. The fourth-order valence-corrected chi connectivity index (χ4v) is 3.48. The number of rotatable bonds is 3. The second kappa shape index (κ2) is 6.33. The normalized spacial score (nSPS) is 19.4. The third kappa shape index (κ3) is 3.35. The Kier molecular flexibility index (Phi) is 4.28. The van der Waals surface area contributed by atoms with Gasteiger partial charge in [0.15, 0.2) is 0 Å². The Bertz CT molecular complexity index is 588. The molecule has 20 heavy (non-hydrogen) atoms. The smallest absolute Gasteiger partial charge is 0.0973 e. The fourth-order valence-electron chi connectivity index (χ4n) is 2.62. The maximum absolute atomic E-state index is 9.83. The summed E-state index contributed by atoms with van der Waals surface area (Å²) >= 11 is 1.71. The Morgan fingerprint density at radius 2 is 2.05 bits per heavy atom. The molecule has 3 heteroatoms. The molecule has 1 aromatic heterocycles. The van der Waals surface area contributed by atoms with E-state index in [-0.39, 0.29) is 6.10 Å². The molecule has 0 aliphatic heterocycles. The maximum atomic E-state index is 9.83. The lowest BCUT2D eigenvalue weighted by molar-refractivity contribution is 0.211. The van der Waals surface area contributed by atoms with Crippen LogP contribution in [-0.4, -0.2) is 16.2 Å². The van der Waals surface area contributed by atoms with Crippen molar-refractivity contribution in [2.45, 2.75) is 38.2 Å². The summed E-state index contributed by atoms with van der Waals surface area (Å²) in [5, 5.41) is 13.1. The Labute approximate surface area is 123 Å². The molecule has 0 bridgehead atoms. The number of hydrogen-bond acceptors (Lipinski definition) is 3. The summed E-state index contributed by atoms with van der Waals surface area (Å²) in [4.78, 5) is 4.73. The summed E-state index contributed by atoms with van der Waals surface area (Å²) in [6.07, 6.45) is 6.95. The van der Waals surface area contributed by atoms with Crippen molar-refractivity contribution in [3.63, 3.8) is 0 Å². The Morgan fingerprint density at radius 3 is 2.90 bits per heavy atom. The van der Waals surface area contributed by atoms with E-state index in [1.165, 1.54) is 17.6 Å². The van der Waals surface area contributed by atoms with E-state index in [0.29, 0.717) is 0 Å². The highest BCUT2D eigenvalue weighted by Gasteiger charge is 2.12. The van der Waals surface area contributed by atoms with Crippen LogP contribution < -0.4 is 0 Å². The highest BCUT2D eigenvalue weighted by molar-refractivity contribution is 7.10. The van der Waals surface area contributed by atoms with Gasteiger partial charge in [0.05, 0.1) is 16.8 Å². The van der Waals surface area contributed by atoms with Gasteiger partial charge in [0.2, 0.25) is 0 Å². The minimum atomic E-state index is -0.263. The molecule has 0 amide bonds. The zero-order chi connectivity index (χ0) is 13.8. The Balaban J connectivity index is 1.74. The van der Waals surface area contributed by atoms with E-state index in [9.17, 15) is 5.11 Å². The predicted molar refractivity (Wildman–Crippen MR) is 83.8 cm³/mol. The lowest BCUT2D eigenvalue weighted by Gasteiger charge is -2.03. The summed E-state index contributed by atoms with van der Waals surface area (Å²) in [6, 6.07) is 10.3. The third-order valence-corrected chi connectivity index (χ3v) is 4.52. The van der Waals surface area contributed by atoms with E-state index < -0.39 is 0 Å². The summed E-state index contributed by atoms with van der Waals surface area (Å²) < 4.78 is 0. The van der Waals surface area contributed by atoms with Crippen molar-refractivity contribution < 1.29 is 5.11 Å². The van der Waals surface area contributed by atoms with Crippen LogP contribution in [0.15, 0.2) is 47.4 Å². The standard InChI is InChI=1S/C17H19NOS/c19-15-9-5-4-6-13(10-15)11-17-18-16(12-20-17)14-7-2-1-3-8-14/h1-3,7-8,10,12,15,19H,4-6,9,11H2. The number of aromatic nitrogens is 1. The van der Waals surface area contributed by atoms with Crippen molar-refractivity contribution in [3.8, 4) is 11.3 Å². The van der Waals surface area contributed by atoms with Crippen molar-refractivity contribution in [1.82, 2.24) is 4.98 Å². The van der Waals surface area contributed by atoms with Crippen molar-refractivity contribution in [1.29, 1.82) is 0 Å². The van der Waals surface area contributed by atoms with Gasteiger partial charge >= 0.3 is 0 Å². The molecule has 1 aromatic carbocycles. The Hall–Kier alpha value is -1.45. The molecule has 1 N–H and O–H groups in total. The zero-order valence-electron chi connectivity index (χ0n) is 11.5. The molecular formula is C17H19NOS.